The van der Waals surface area contributed by atoms with Gasteiger partial charge in [0.25, 0.3) is 0 Å². The van der Waals surface area contributed by atoms with Crippen LogP contribution in [0.2, 0.25) is 0 Å². The van der Waals surface area contributed by atoms with Crippen molar-refractivity contribution in [2.45, 2.75) is 26.3 Å². The number of anilines is 2. The highest BCUT2D eigenvalue weighted by Gasteiger charge is 2.13. The van der Waals surface area contributed by atoms with E-state index in [0.717, 1.165) is 21.4 Å². The van der Waals surface area contributed by atoms with Crippen LogP contribution in [-0.2, 0) is 6.54 Å². The van der Waals surface area contributed by atoms with Crippen LogP contribution < -0.4 is 10.6 Å². The van der Waals surface area contributed by atoms with Gasteiger partial charge in [0.1, 0.15) is 5.82 Å². The van der Waals surface area contributed by atoms with E-state index in [0.29, 0.717) is 12.4 Å². The highest BCUT2D eigenvalue weighted by molar-refractivity contribution is 9.10. The van der Waals surface area contributed by atoms with E-state index in [1.165, 1.54) is 0 Å². The molecular formula is C20H21BrN4O. The van der Waals surface area contributed by atoms with E-state index in [-0.39, 0.29) is 11.9 Å². The average molecular weight is 413 g/mol. The maximum Gasteiger partial charge on any atom is 0.324 e. The summed E-state index contributed by atoms with van der Waals surface area (Å²) in [5.74, 6) is 0.950. The van der Waals surface area contributed by atoms with Crippen LogP contribution in [-0.4, -0.2) is 15.8 Å². The quantitative estimate of drug-likeness (QED) is 0.584. The van der Waals surface area contributed by atoms with Crippen LogP contribution in [0.3, 0.4) is 0 Å². The number of nitrogens with zero attached hydrogens (tertiary/aromatic N) is 2. The zero-order chi connectivity index (χ0) is 18.5. The molecular weight excluding hydrogens is 392 g/mol. The third kappa shape index (κ3) is 4.73. The van der Waals surface area contributed by atoms with Crippen molar-refractivity contribution < 1.29 is 4.79 Å². The van der Waals surface area contributed by atoms with Gasteiger partial charge >= 0.3 is 6.03 Å². The molecule has 0 unspecified atom stereocenters. The summed E-state index contributed by atoms with van der Waals surface area (Å²) in [6, 6.07) is 19.2. The van der Waals surface area contributed by atoms with Gasteiger partial charge in [-0.3, -0.25) is 5.32 Å². The second kappa shape index (κ2) is 8.19. The van der Waals surface area contributed by atoms with Gasteiger partial charge in [-0.15, -0.1) is 0 Å². The topological polar surface area (TPSA) is 59.0 Å². The highest BCUT2D eigenvalue weighted by atomic mass is 79.9. The van der Waals surface area contributed by atoms with Crippen molar-refractivity contribution in [2.24, 2.45) is 0 Å². The first-order valence-electron chi connectivity index (χ1n) is 8.46. The van der Waals surface area contributed by atoms with E-state index >= 15 is 0 Å². The van der Waals surface area contributed by atoms with E-state index in [1.807, 2.05) is 65.3 Å². The summed E-state index contributed by atoms with van der Waals surface area (Å²) in [5.41, 5.74) is 2.79. The molecule has 2 N–H and O–H groups in total. The number of hydrogen-bond donors (Lipinski definition) is 2. The third-order valence-electron chi connectivity index (χ3n) is 3.89. The number of hydrogen-bond acceptors (Lipinski definition) is 2. The summed E-state index contributed by atoms with van der Waals surface area (Å²) in [6.45, 7) is 4.77. The SMILES string of the molecule is CC(C)c1cc(NC(=O)Nc2cccc(Br)c2)n(Cc2ccccc2)n1. The van der Waals surface area contributed by atoms with Crippen molar-refractivity contribution in [3.8, 4) is 0 Å². The lowest BCUT2D eigenvalue weighted by Gasteiger charge is -2.10. The van der Waals surface area contributed by atoms with Gasteiger partial charge in [0.05, 0.1) is 12.2 Å². The first-order valence-corrected chi connectivity index (χ1v) is 9.26. The van der Waals surface area contributed by atoms with Gasteiger partial charge < -0.3 is 5.32 Å². The molecule has 3 aromatic rings. The van der Waals surface area contributed by atoms with Crippen LogP contribution in [0, 0.1) is 0 Å². The largest absolute Gasteiger partial charge is 0.324 e. The lowest BCUT2D eigenvalue weighted by Crippen LogP contribution is -2.21. The molecule has 6 heteroatoms. The van der Waals surface area contributed by atoms with Gasteiger partial charge in [0.15, 0.2) is 0 Å². The number of aromatic nitrogens is 2. The van der Waals surface area contributed by atoms with Gasteiger partial charge in [-0.1, -0.05) is 66.2 Å². The van der Waals surface area contributed by atoms with E-state index in [2.05, 4.69) is 45.5 Å². The van der Waals surface area contributed by atoms with Crippen molar-refractivity contribution in [2.75, 3.05) is 10.6 Å². The van der Waals surface area contributed by atoms with Crippen LogP contribution in [0.25, 0.3) is 0 Å². The Morgan fingerprint density at radius 3 is 2.54 bits per heavy atom. The summed E-state index contributed by atoms with van der Waals surface area (Å²) in [4.78, 5) is 12.4. The van der Waals surface area contributed by atoms with Gasteiger partial charge in [-0.25, -0.2) is 9.48 Å². The minimum Gasteiger partial charge on any atom is -0.308 e. The Morgan fingerprint density at radius 1 is 1.08 bits per heavy atom. The van der Waals surface area contributed by atoms with E-state index in [9.17, 15) is 4.79 Å². The number of carbonyl (C=O) groups is 1. The number of carbonyl (C=O) groups excluding carboxylic acids is 1. The summed E-state index contributed by atoms with van der Waals surface area (Å²) < 4.78 is 2.73. The van der Waals surface area contributed by atoms with Crippen molar-refractivity contribution in [1.82, 2.24) is 9.78 Å². The molecule has 1 heterocycles. The normalized spacial score (nSPS) is 10.8. The molecule has 0 atom stereocenters. The molecule has 0 spiro atoms. The van der Waals surface area contributed by atoms with Crippen LogP contribution in [0.15, 0.2) is 65.1 Å². The van der Waals surface area contributed by atoms with Gasteiger partial charge in [-0.2, -0.15) is 5.10 Å². The molecule has 5 nitrogen and oxygen atoms in total. The molecule has 1 aromatic heterocycles. The predicted molar refractivity (Wildman–Crippen MR) is 109 cm³/mol. The molecule has 0 bridgehead atoms. The van der Waals surface area contributed by atoms with Gasteiger partial charge in [0, 0.05) is 16.2 Å². The van der Waals surface area contributed by atoms with Crippen molar-refractivity contribution in [3.63, 3.8) is 0 Å². The Labute approximate surface area is 161 Å². The van der Waals surface area contributed by atoms with Crippen molar-refractivity contribution in [1.29, 1.82) is 0 Å². The minimum atomic E-state index is -0.299. The summed E-state index contributed by atoms with van der Waals surface area (Å²) in [5, 5.41) is 10.4. The number of rotatable bonds is 5. The lowest BCUT2D eigenvalue weighted by atomic mass is 10.1. The second-order valence-electron chi connectivity index (χ2n) is 6.34. The molecule has 0 saturated heterocycles. The van der Waals surface area contributed by atoms with Gasteiger partial charge in [0.2, 0.25) is 0 Å². The summed E-state index contributed by atoms with van der Waals surface area (Å²) >= 11 is 3.40. The van der Waals surface area contributed by atoms with Crippen LogP contribution in [0.5, 0.6) is 0 Å². The Morgan fingerprint density at radius 2 is 1.85 bits per heavy atom. The molecule has 0 saturated carbocycles. The monoisotopic (exact) mass is 412 g/mol. The smallest absolute Gasteiger partial charge is 0.308 e. The van der Waals surface area contributed by atoms with Crippen LogP contribution in [0.1, 0.15) is 31.0 Å². The molecule has 26 heavy (non-hydrogen) atoms. The number of nitrogens with one attached hydrogen (secondary N) is 2. The first kappa shape index (κ1) is 18.2. The lowest BCUT2D eigenvalue weighted by molar-refractivity contribution is 0.262. The zero-order valence-electron chi connectivity index (χ0n) is 14.7. The average Bonchev–Trinajstić information content (AvgIpc) is 2.98. The fourth-order valence-electron chi connectivity index (χ4n) is 2.54. The molecule has 0 aliphatic carbocycles. The first-order chi connectivity index (χ1) is 12.5. The standard InChI is InChI=1S/C20H21BrN4O/c1-14(2)18-12-19(25(24-18)13-15-7-4-3-5-8-15)23-20(26)22-17-10-6-9-16(21)11-17/h3-12,14H,13H2,1-2H3,(H2,22,23,26). The summed E-state index contributed by atoms with van der Waals surface area (Å²) in [6.07, 6.45) is 0. The fraction of sp³-hybridized carbons (Fsp3) is 0.200. The van der Waals surface area contributed by atoms with Crippen molar-refractivity contribution >= 4 is 33.5 Å². The third-order valence-corrected chi connectivity index (χ3v) is 4.38. The Hall–Kier alpha value is -2.60. The number of benzene rings is 2. The minimum absolute atomic E-state index is 0.278. The number of urea groups is 1. The Bertz CT molecular complexity index is 890. The Kier molecular flexibility index (Phi) is 5.73. The summed E-state index contributed by atoms with van der Waals surface area (Å²) in [7, 11) is 0. The zero-order valence-corrected chi connectivity index (χ0v) is 16.3. The Balaban J connectivity index is 1.78. The van der Waals surface area contributed by atoms with E-state index < -0.39 is 0 Å². The number of amides is 2. The molecule has 0 fully saturated rings. The highest BCUT2D eigenvalue weighted by Crippen LogP contribution is 2.20. The van der Waals surface area contributed by atoms with Crippen LogP contribution >= 0.6 is 15.9 Å². The molecule has 2 aromatic carbocycles. The molecule has 0 radical (unpaired) electrons. The van der Waals surface area contributed by atoms with E-state index in [1.54, 1.807) is 0 Å². The maximum absolute atomic E-state index is 12.4. The van der Waals surface area contributed by atoms with E-state index in [4.69, 9.17) is 0 Å². The number of halogens is 1. The molecule has 3 rings (SSSR count). The maximum atomic E-state index is 12.4. The molecule has 0 aliphatic rings. The fourth-order valence-corrected chi connectivity index (χ4v) is 2.94. The molecule has 0 aliphatic heterocycles. The molecule has 2 amide bonds. The van der Waals surface area contributed by atoms with Crippen LogP contribution in [0.4, 0.5) is 16.3 Å². The second-order valence-corrected chi connectivity index (χ2v) is 7.26. The van der Waals surface area contributed by atoms with Gasteiger partial charge in [-0.05, 0) is 29.7 Å². The van der Waals surface area contributed by atoms with Crippen molar-refractivity contribution in [3.05, 3.63) is 76.4 Å². The molecule has 134 valence electrons. The predicted octanol–water partition coefficient (Wildman–Crippen LogP) is 5.46.